The third-order valence-corrected chi connectivity index (χ3v) is 4.25. The highest BCUT2D eigenvalue weighted by Gasteiger charge is 2.35. The Labute approximate surface area is 161 Å². The largest absolute Gasteiger partial charge is 0.479 e. The van der Waals surface area contributed by atoms with E-state index in [9.17, 15) is 13.2 Å². The van der Waals surface area contributed by atoms with E-state index in [0.717, 1.165) is 32.1 Å². The van der Waals surface area contributed by atoms with Crippen LogP contribution in [-0.4, -0.2) is 12.5 Å². The Morgan fingerprint density at radius 3 is 2.33 bits per heavy atom. The Morgan fingerprint density at radius 1 is 1.15 bits per heavy atom. The molecule has 0 radical (unpaired) electrons. The molecule has 0 atom stereocenters. The van der Waals surface area contributed by atoms with Gasteiger partial charge in [0.05, 0.1) is 12.2 Å². The minimum Gasteiger partial charge on any atom is -0.479 e. The smallest absolute Gasteiger partial charge is 0.416 e. The van der Waals surface area contributed by atoms with Crippen molar-refractivity contribution >= 4 is 5.90 Å². The molecule has 1 saturated carbocycles. The molecule has 0 unspecified atom stereocenters. The summed E-state index contributed by atoms with van der Waals surface area (Å²) in [6.45, 7) is 7.90. The molecule has 1 aliphatic carbocycles. The molecule has 0 N–H and O–H groups in total. The molecule has 1 fully saturated rings. The summed E-state index contributed by atoms with van der Waals surface area (Å²) >= 11 is 0. The van der Waals surface area contributed by atoms with Gasteiger partial charge in [-0.05, 0) is 42.9 Å². The van der Waals surface area contributed by atoms with Crippen LogP contribution in [0.5, 0.6) is 0 Å². The van der Waals surface area contributed by atoms with Crippen LogP contribution in [0.3, 0.4) is 0 Å². The van der Waals surface area contributed by atoms with E-state index in [4.69, 9.17) is 9.57 Å². The zero-order valence-electron chi connectivity index (χ0n) is 16.2. The van der Waals surface area contributed by atoms with Gasteiger partial charge < -0.3 is 9.57 Å². The molecule has 1 aromatic rings. The number of benzene rings is 1. The topological polar surface area (TPSA) is 30.8 Å². The number of nitrogens with zero attached hydrogens (tertiary/aromatic N) is 1. The Morgan fingerprint density at radius 2 is 1.78 bits per heavy atom. The highest BCUT2D eigenvalue weighted by molar-refractivity contribution is 5.72. The lowest BCUT2D eigenvalue weighted by Crippen LogP contribution is -2.15. The Bertz CT molecular complexity index is 565. The zero-order chi connectivity index (χ0) is 19.6. The maximum Gasteiger partial charge on any atom is 0.416 e. The summed E-state index contributed by atoms with van der Waals surface area (Å²) in [7, 11) is 0. The predicted octanol–water partition coefficient (Wildman–Crippen LogP) is 7.30. The average Bonchev–Trinajstić information content (AvgIpc) is 2.63. The van der Waals surface area contributed by atoms with Crippen molar-refractivity contribution in [2.24, 2.45) is 5.16 Å². The van der Waals surface area contributed by atoms with Crippen LogP contribution < -0.4 is 0 Å². The molecule has 1 aromatic carbocycles. The van der Waals surface area contributed by atoms with Gasteiger partial charge in [-0.2, -0.15) is 13.2 Å². The van der Waals surface area contributed by atoms with Crippen LogP contribution in [0.4, 0.5) is 13.2 Å². The predicted molar refractivity (Wildman–Crippen MR) is 105 cm³/mol. The van der Waals surface area contributed by atoms with Gasteiger partial charge in [-0.25, -0.2) is 0 Å². The fraction of sp³-hybridized carbons (Fsp3) is 0.667. The molecule has 0 bridgehead atoms. The van der Waals surface area contributed by atoms with E-state index in [1.165, 1.54) is 6.07 Å². The minimum atomic E-state index is -4.35. The molecule has 0 heterocycles. The first-order chi connectivity index (χ1) is 12.4. The highest BCUT2D eigenvalue weighted by Crippen LogP contribution is 2.41. The quantitative estimate of drug-likeness (QED) is 0.300. The maximum absolute atomic E-state index is 13.4. The van der Waals surface area contributed by atoms with Crippen LogP contribution >= 0.6 is 0 Å². The lowest BCUT2D eigenvalue weighted by atomic mass is 9.81. The van der Waals surface area contributed by atoms with Crippen molar-refractivity contribution < 1.29 is 22.7 Å². The van der Waals surface area contributed by atoms with E-state index < -0.39 is 11.7 Å². The zero-order valence-corrected chi connectivity index (χ0v) is 16.2. The van der Waals surface area contributed by atoms with E-state index in [1.807, 2.05) is 20.8 Å². The van der Waals surface area contributed by atoms with Gasteiger partial charge in [0.25, 0.3) is 0 Å². The van der Waals surface area contributed by atoms with Gasteiger partial charge in [0.2, 0.25) is 5.90 Å². The number of alkyl halides is 3. The lowest BCUT2D eigenvalue weighted by Gasteiger charge is -2.25. The van der Waals surface area contributed by atoms with Crippen molar-refractivity contribution in [2.45, 2.75) is 85.9 Å². The number of rotatable bonds is 5. The number of ether oxygens (including phenoxy) is 1. The van der Waals surface area contributed by atoms with Gasteiger partial charge in [-0.3, -0.25) is 0 Å². The third kappa shape index (κ3) is 8.22. The molecular weight excluding hydrogens is 355 g/mol. The molecular formula is C21H34F3NO2. The van der Waals surface area contributed by atoms with Crippen molar-refractivity contribution in [3.63, 3.8) is 0 Å². The first kappa shape index (κ1) is 25.3. The Kier molecular flexibility index (Phi) is 11.8. The summed E-state index contributed by atoms with van der Waals surface area (Å²) in [5.74, 6) is 0.357. The van der Waals surface area contributed by atoms with Gasteiger partial charge in [0.1, 0.15) is 6.61 Å². The Hall–Kier alpha value is -1.72. The highest BCUT2D eigenvalue weighted by atomic mass is 19.4. The summed E-state index contributed by atoms with van der Waals surface area (Å²) < 4.78 is 45.4. The van der Waals surface area contributed by atoms with Gasteiger partial charge in [-0.1, -0.05) is 57.8 Å². The van der Waals surface area contributed by atoms with Crippen molar-refractivity contribution in [2.75, 3.05) is 6.61 Å². The fourth-order valence-corrected chi connectivity index (χ4v) is 3.14. The summed E-state index contributed by atoms with van der Waals surface area (Å²) in [5, 5.41) is 3.73. The van der Waals surface area contributed by atoms with Crippen molar-refractivity contribution in [3.05, 3.63) is 34.9 Å². The van der Waals surface area contributed by atoms with E-state index in [2.05, 4.69) is 5.16 Å². The monoisotopic (exact) mass is 389 g/mol. The second-order valence-electron chi connectivity index (χ2n) is 6.07. The van der Waals surface area contributed by atoms with Gasteiger partial charge in [0.15, 0.2) is 0 Å². The summed E-state index contributed by atoms with van der Waals surface area (Å²) in [5.41, 5.74) is 0.330. The minimum absolute atomic E-state index is 0. The number of halogens is 3. The first-order valence-electron chi connectivity index (χ1n) is 9.41. The van der Waals surface area contributed by atoms with Crippen molar-refractivity contribution in [3.8, 4) is 0 Å². The molecule has 3 nitrogen and oxygen atoms in total. The maximum atomic E-state index is 13.4. The number of hydrogen-bond donors (Lipinski definition) is 0. The second-order valence-corrected chi connectivity index (χ2v) is 6.07. The molecule has 0 saturated heterocycles. The summed E-state index contributed by atoms with van der Waals surface area (Å²) in [4.78, 5) is 5.08. The van der Waals surface area contributed by atoms with Crippen LogP contribution in [0.1, 0.15) is 89.8 Å². The van der Waals surface area contributed by atoms with E-state index in [-0.39, 0.29) is 20.0 Å². The molecule has 156 valence electrons. The lowest BCUT2D eigenvalue weighted by molar-refractivity contribution is -0.138. The molecule has 6 heteroatoms. The van der Waals surface area contributed by atoms with Crippen LogP contribution in [0.2, 0.25) is 0 Å². The molecule has 27 heavy (non-hydrogen) atoms. The van der Waals surface area contributed by atoms with Crippen LogP contribution in [-0.2, 0) is 22.4 Å². The Balaban J connectivity index is 0.00000218. The van der Waals surface area contributed by atoms with E-state index >= 15 is 0 Å². The molecule has 0 aromatic heterocycles. The summed E-state index contributed by atoms with van der Waals surface area (Å²) in [6.07, 6.45) is 0.415. The number of hydrogen-bond acceptors (Lipinski definition) is 3. The van der Waals surface area contributed by atoms with Gasteiger partial charge in [0, 0.05) is 6.92 Å². The van der Waals surface area contributed by atoms with E-state index in [0.29, 0.717) is 23.6 Å². The van der Waals surface area contributed by atoms with Crippen molar-refractivity contribution in [1.29, 1.82) is 0 Å². The second kappa shape index (κ2) is 12.6. The SMILES string of the molecule is C.CC.CCO/C(C)=N\OCc1ccc(C2CCCCC2)c(C(F)(F)F)c1. The van der Waals surface area contributed by atoms with Gasteiger partial charge in [-0.15, -0.1) is 0 Å². The van der Waals surface area contributed by atoms with Crippen LogP contribution in [0.25, 0.3) is 0 Å². The fourth-order valence-electron chi connectivity index (χ4n) is 3.14. The standard InChI is InChI=1S/C18H24F3NO2.C2H6.CH4/c1-3-23-13(2)22-24-12-14-9-10-16(15-7-5-4-6-8-15)17(11-14)18(19,20)21;1-2;/h9-11,15H,3-8,12H2,1-2H3;1-2H3;1H4/b22-13-;;. The molecule has 0 aliphatic heterocycles. The molecule has 0 spiro atoms. The van der Waals surface area contributed by atoms with Gasteiger partial charge >= 0.3 is 6.18 Å². The van der Waals surface area contributed by atoms with Crippen LogP contribution in [0.15, 0.2) is 23.4 Å². The van der Waals surface area contributed by atoms with Crippen molar-refractivity contribution in [1.82, 2.24) is 0 Å². The van der Waals surface area contributed by atoms with Crippen LogP contribution in [0, 0.1) is 0 Å². The van der Waals surface area contributed by atoms with E-state index in [1.54, 1.807) is 19.1 Å². The molecule has 1 aliphatic rings. The normalized spacial score (nSPS) is 15.3. The first-order valence-corrected chi connectivity index (χ1v) is 9.41. The molecule has 0 amide bonds. The third-order valence-electron chi connectivity index (χ3n) is 4.25. The summed E-state index contributed by atoms with van der Waals surface area (Å²) in [6, 6.07) is 4.50. The number of oxime groups is 1. The average molecular weight is 390 g/mol. The molecule has 2 rings (SSSR count).